The highest BCUT2D eigenvalue weighted by Gasteiger charge is 2.15. The third-order valence-corrected chi connectivity index (χ3v) is 4.28. The molecule has 0 amide bonds. The standard InChI is InChI=1S/C15H12N4O2S2/c1-22-15(17-10-16)18-13-9-12(7-8-14(13)19(20)21)23-11-5-3-2-4-6-11/h2-9H,1H3,(H,17,18). The Kier molecular flexibility index (Phi) is 6.02. The van der Waals surface area contributed by atoms with Crippen LogP contribution in [0.3, 0.4) is 0 Å². The maximum absolute atomic E-state index is 11.2. The molecule has 0 fully saturated rings. The lowest BCUT2D eigenvalue weighted by atomic mass is 10.3. The summed E-state index contributed by atoms with van der Waals surface area (Å²) in [6.07, 6.45) is 3.50. The zero-order valence-corrected chi connectivity index (χ0v) is 13.7. The van der Waals surface area contributed by atoms with Gasteiger partial charge >= 0.3 is 0 Å². The Labute approximate surface area is 141 Å². The number of thioether (sulfide) groups is 1. The van der Waals surface area contributed by atoms with Crippen LogP contribution in [0.4, 0.5) is 11.4 Å². The first-order valence-corrected chi connectivity index (χ1v) is 8.47. The summed E-state index contributed by atoms with van der Waals surface area (Å²) in [6.45, 7) is 0. The highest BCUT2D eigenvalue weighted by molar-refractivity contribution is 8.13. The van der Waals surface area contributed by atoms with Crippen molar-refractivity contribution in [2.24, 2.45) is 4.99 Å². The predicted molar refractivity (Wildman–Crippen MR) is 93.0 cm³/mol. The second kappa shape index (κ2) is 8.22. The van der Waals surface area contributed by atoms with E-state index in [9.17, 15) is 10.1 Å². The van der Waals surface area contributed by atoms with Crippen molar-refractivity contribution in [2.45, 2.75) is 9.79 Å². The molecule has 6 nitrogen and oxygen atoms in total. The van der Waals surface area contributed by atoms with Crippen molar-refractivity contribution in [2.75, 3.05) is 6.26 Å². The molecule has 0 atom stereocenters. The zero-order chi connectivity index (χ0) is 16.7. The van der Waals surface area contributed by atoms with Crippen molar-refractivity contribution in [3.8, 4) is 6.19 Å². The third-order valence-electron chi connectivity index (χ3n) is 2.70. The molecule has 0 aliphatic heterocycles. The van der Waals surface area contributed by atoms with Gasteiger partial charge in [-0.25, -0.2) is 4.99 Å². The van der Waals surface area contributed by atoms with E-state index in [0.29, 0.717) is 5.17 Å². The van der Waals surface area contributed by atoms with Gasteiger partial charge in [0.1, 0.15) is 5.69 Å². The van der Waals surface area contributed by atoms with E-state index >= 15 is 0 Å². The molecule has 8 heteroatoms. The minimum absolute atomic E-state index is 0.103. The van der Waals surface area contributed by atoms with E-state index in [1.54, 1.807) is 24.6 Å². The van der Waals surface area contributed by atoms with Gasteiger partial charge in [-0.2, -0.15) is 5.26 Å². The average Bonchev–Trinajstić information content (AvgIpc) is 2.55. The summed E-state index contributed by atoms with van der Waals surface area (Å²) in [4.78, 5) is 16.7. The molecule has 0 radical (unpaired) electrons. The van der Waals surface area contributed by atoms with Crippen molar-refractivity contribution in [3.63, 3.8) is 0 Å². The van der Waals surface area contributed by atoms with Gasteiger partial charge in [-0.1, -0.05) is 41.7 Å². The van der Waals surface area contributed by atoms with Gasteiger partial charge in [-0.15, -0.1) is 0 Å². The van der Waals surface area contributed by atoms with Crippen LogP contribution in [-0.4, -0.2) is 16.3 Å². The van der Waals surface area contributed by atoms with E-state index in [-0.39, 0.29) is 11.4 Å². The molecule has 0 aromatic heterocycles. The van der Waals surface area contributed by atoms with Crippen molar-refractivity contribution < 1.29 is 4.92 Å². The number of amidine groups is 1. The first-order chi connectivity index (χ1) is 11.1. The van der Waals surface area contributed by atoms with E-state index in [2.05, 4.69) is 10.3 Å². The second-order valence-electron chi connectivity index (χ2n) is 4.18. The summed E-state index contributed by atoms with van der Waals surface area (Å²) in [5.74, 6) is 0. The molecule has 2 aromatic rings. The van der Waals surface area contributed by atoms with Crippen molar-refractivity contribution in [3.05, 3.63) is 58.6 Å². The van der Waals surface area contributed by atoms with Crippen LogP contribution in [0.5, 0.6) is 0 Å². The van der Waals surface area contributed by atoms with Gasteiger partial charge in [0, 0.05) is 15.9 Å². The molecule has 2 rings (SSSR count). The number of hydrogen-bond donors (Lipinski definition) is 1. The molecule has 0 bridgehead atoms. The van der Waals surface area contributed by atoms with Crippen LogP contribution in [0.15, 0.2) is 63.3 Å². The summed E-state index contributed by atoms with van der Waals surface area (Å²) in [6, 6.07) is 14.4. The summed E-state index contributed by atoms with van der Waals surface area (Å²) in [5, 5.41) is 22.5. The maximum Gasteiger partial charge on any atom is 0.295 e. The molecular weight excluding hydrogens is 332 g/mol. The largest absolute Gasteiger partial charge is 0.295 e. The summed E-state index contributed by atoms with van der Waals surface area (Å²) < 4.78 is 0. The summed E-state index contributed by atoms with van der Waals surface area (Å²) >= 11 is 2.69. The molecule has 0 aliphatic rings. The van der Waals surface area contributed by atoms with Gasteiger partial charge in [0.2, 0.25) is 0 Å². The molecule has 0 spiro atoms. The van der Waals surface area contributed by atoms with Gasteiger partial charge < -0.3 is 0 Å². The van der Waals surface area contributed by atoms with Crippen molar-refractivity contribution in [1.29, 1.82) is 5.26 Å². The normalized spacial score (nSPS) is 10.9. The Balaban J connectivity index is 2.39. The molecule has 0 aliphatic carbocycles. The summed E-state index contributed by atoms with van der Waals surface area (Å²) in [7, 11) is 0. The number of benzene rings is 2. The molecule has 0 saturated carbocycles. The van der Waals surface area contributed by atoms with Crippen LogP contribution in [0.25, 0.3) is 0 Å². The number of nitro benzene ring substituents is 1. The smallest absolute Gasteiger partial charge is 0.271 e. The first kappa shape index (κ1) is 16.9. The van der Waals surface area contributed by atoms with Crippen LogP contribution < -0.4 is 5.32 Å². The van der Waals surface area contributed by atoms with Gasteiger partial charge in [-0.3, -0.25) is 15.4 Å². The first-order valence-electron chi connectivity index (χ1n) is 6.43. The lowest BCUT2D eigenvalue weighted by molar-refractivity contribution is -0.384. The van der Waals surface area contributed by atoms with E-state index in [0.717, 1.165) is 9.79 Å². The number of aliphatic imine (C=N–C) groups is 1. The van der Waals surface area contributed by atoms with Gasteiger partial charge in [0.05, 0.1) is 4.92 Å². The van der Waals surface area contributed by atoms with Crippen LogP contribution in [0, 0.1) is 21.6 Å². The van der Waals surface area contributed by atoms with Gasteiger partial charge in [-0.05, 0) is 30.5 Å². The lowest BCUT2D eigenvalue weighted by Crippen LogP contribution is -2.12. The number of rotatable bonds is 4. The zero-order valence-electron chi connectivity index (χ0n) is 12.1. The fourth-order valence-corrected chi connectivity index (χ4v) is 2.93. The Morgan fingerprint density at radius 1 is 1.26 bits per heavy atom. The molecule has 0 heterocycles. The van der Waals surface area contributed by atoms with E-state index in [1.807, 2.05) is 30.3 Å². The monoisotopic (exact) mass is 344 g/mol. The molecule has 23 heavy (non-hydrogen) atoms. The Morgan fingerprint density at radius 2 is 2.00 bits per heavy atom. The minimum atomic E-state index is -0.486. The topological polar surface area (TPSA) is 91.3 Å². The van der Waals surface area contributed by atoms with Gasteiger partial charge in [0.25, 0.3) is 5.69 Å². The number of nitriles is 1. The summed E-state index contributed by atoms with van der Waals surface area (Å²) in [5.41, 5.74) is 0.108. The highest BCUT2D eigenvalue weighted by atomic mass is 32.2. The second-order valence-corrected chi connectivity index (χ2v) is 6.12. The van der Waals surface area contributed by atoms with Crippen LogP contribution >= 0.6 is 23.5 Å². The predicted octanol–water partition coefficient (Wildman–Crippen LogP) is 4.17. The number of nitrogens with zero attached hydrogens (tertiary/aromatic N) is 3. The molecule has 2 aromatic carbocycles. The number of nitro groups is 1. The number of hydrogen-bond acceptors (Lipinski definition) is 6. The number of nitrogens with one attached hydrogen (secondary N) is 1. The van der Waals surface area contributed by atoms with E-state index < -0.39 is 4.92 Å². The molecule has 0 saturated heterocycles. The SMILES string of the molecule is CSC(=Nc1cc(Sc2ccccc2)ccc1[N+](=O)[O-])NC#N. The lowest BCUT2D eigenvalue weighted by Gasteiger charge is -2.05. The molecule has 0 unspecified atom stereocenters. The van der Waals surface area contributed by atoms with E-state index in [4.69, 9.17) is 5.26 Å². The van der Waals surface area contributed by atoms with Crippen molar-refractivity contribution in [1.82, 2.24) is 5.32 Å². The van der Waals surface area contributed by atoms with E-state index in [1.165, 1.54) is 29.6 Å². The van der Waals surface area contributed by atoms with Crippen LogP contribution in [-0.2, 0) is 0 Å². The molecule has 116 valence electrons. The van der Waals surface area contributed by atoms with Crippen molar-refractivity contribution >= 4 is 40.1 Å². The quantitative estimate of drug-likeness (QED) is 0.223. The fourth-order valence-electron chi connectivity index (χ4n) is 1.72. The molecule has 1 N–H and O–H groups in total. The van der Waals surface area contributed by atoms with Crippen LogP contribution in [0.1, 0.15) is 0 Å². The average molecular weight is 344 g/mol. The fraction of sp³-hybridized carbons (Fsp3) is 0.0667. The van der Waals surface area contributed by atoms with Crippen LogP contribution in [0.2, 0.25) is 0 Å². The third kappa shape index (κ3) is 4.74. The maximum atomic E-state index is 11.2. The Morgan fingerprint density at radius 3 is 2.61 bits per heavy atom. The van der Waals surface area contributed by atoms with Gasteiger partial charge in [0.15, 0.2) is 11.4 Å². The Hall–Kier alpha value is -2.50. The molecular formula is C15H12N4O2S2. The minimum Gasteiger partial charge on any atom is -0.271 e. The highest BCUT2D eigenvalue weighted by Crippen LogP contribution is 2.35. The Bertz CT molecular complexity index is 773.